The van der Waals surface area contributed by atoms with Crippen molar-refractivity contribution in [3.8, 4) is 0 Å². The Hall–Kier alpha value is -1.77. The standard InChI is InChI=1S/C16H20N4O2S2/c1-10-5-11(7-17)8-20(10)14(21)6-12-9-24-16(18-12)19-15(22)13-3-2-4-23-13/h2-4,9-11H,5-8,17H2,1H3,(H,18,19,22). The number of hydrogen-bond donors (Lipinski definition) is 2. The Kier molecular flexibility index (Phi) is 5.27. The van der Waals surface area contributed by atoms with Crippen LogP contribution in [0, 0.1) is 5.92 Å². The molecule has 0 aliphatic carbocycles. The monoisotopic (exact) mass is 364 g/mol. The van der Waals surface area contributed by atoms with E-state index in [1.54, 1.807) is 6.07 Å². The summed E-state index contributed by atoms with van der Waals surface area (Å²) in [5.74, 6) is 0.288. The van der Waals surface area contributed by atoms with Crippen LogP contribution in [0.5, 0.6) is 0 Å². The van der Waals surface area contributed by atoms with E-state index in [0.29, 0.717) is 28.2 Å². The van der Waals surface area contributed by atoms with Crippen molar-refractivity contribution in [1.82, 2.24) is 9.88 Å². The average Bonchev–Trinajstić information content (AvgIpc) is 3.27. The fraction of sp³-hybridized carbons (Fsp3) is 0.438. The second-order valence-corrected chi connectivity index (χ2v) is 7.79. The smallest absolute Gasteiger partial charge is 0.267 e. The molecule has 3 heterocycles. The molecule has 3 N–H and O–H groups in total. The van der Waals surface area contributed by atoms with E-state index in [0.717, 1.165) is 13.0 Å². The highest BCUT2D eigenvalue weighted by Crippen LogP contribution is 2.24. The number of anilines is 1. The van der Waals surface area contributed by atoms with Gasteiger partial charge in [0.25, 0.3) is 5.91 Å². The van der Waals surface area contributed by atoms with Gasteiger partial charge in [0.1, 0.15) is 0 Å². The van der Waals surface area contributed by atoms with Gasteiger partial charge >= 0.3 is 0 Å². The van der Waals surface area contributed by atoms with Crippen molar-refractivity contribution >= 4 is 39.6 Å². The first-order valence-electron chi connectivity index (χ1n) is 7.85. The number of amides is 2. The van der Waals surface area contributed by atoms with Gasteiger partial charge in [-0.05, 0) is 37.3 Å². The molecular weight excluding hydrogens is 344 g/mol. The maximum atomic E-state index is 12.5. The van der Waals surface area contributed by atoms with Crippen LogP contribution in [-0.4, -0.2) is 40.8 Å². The molecule has 2 atom stereocenters. The van der Waals surface area contributed by atoms with E-state index in [-0.39, 0.29) is 24.3 Å². The number of thiophene rings is 1. The predicted molar refractivity (Wildman–Crippen MR) is 96.4 cm³/mol. The molecule has 1 aliphatic heterocycles. The molecule has 2 aromatic heterocycles. The fourth-order valence-electron chi connectivity index (χ4n) is 2.93. The summed E-state index contributed by atoms with van der Waals surface area (Å²) in [5, 5.41) is 6.97. The number of rotatable bonds is 5. The zero-order chi connectivity index (χ0) is 17.1. The molecule has 128 valence electrons. The Labute approximate surface area is 148 Å². The van der Waals surface area contributed by atoms with Crippen molar-refractivity contribution < 1.29 is 9.59 Å². The third-order valence-corrected chi connectivity index (χ3v) is 5.84. The maximum absolute atomic E-state index is 12.5. The van der Waals surface area contributed by atoms with Crippen LogP contribution in [0.3, 0.4) is 0 Å². The summed E-state index contributed by atoms with van der Waals surface area (Å²) in [6, 6.07) is 3.82. The van der Waals surface area contributed by atoms with Crippen molar-refractivity contribution in [2.24, 2.45) is 11.7 Å². The predicted octanol–water partition coefficient (Wildman–Crippen LogP) is 2.20. The van der Waals surface area contributed by atoms with Crippen LogP contribution in [0.2, 0.25) is 0 Å². The van der Waals surface area contributed by atoms with Gasteiger partial charge in [0.2, 0.25) is 5.91 Å². The number of likely N-dealkylation sites (tertiary alicyclic amines) is 1. The van der Waals surface area contributed by atoms with E-state index < -0.39 is 0 Å². The first kappa shape index (κ1) is 17.1. The average molecular weight is 364 g/mol. The molecule has 0 bridgehead atoms. The van der Waals surface area contributed by atoms with Gasteiger partial charge in [0, 0.05) is 18.0 Å². The third-order valence-electron chi connectivity index (χ3n) is 4.16. The van der Waals surface area contributed by atoms with Gasteiger partial charge in [-0.2, -0.15) is 0 Å². The Morgan fingerprint density at radius 1 is 1.46 bits per heavy atom. The molecule has 0 aromatic carbocycles. The molecule has 2 amide bonds. The van der Waals surface area contributed by atoms with Crippen LogP contribution in [0.1, 0.15) is 28.7 Å². The molecule has 0 radical (unpaired) electrons. The third kappa shape index (κ3) is 3.82. The lowest BCUT2D eigenvalue weighted by molar-refractivity contribution is -0.131. The van der Waals surface area contributed by atoms with E-state index in [4.69, 9.17) is 5.73 Å². The largest absolute Gasteiger partial charge is 0.339 e. The molecule has 0 spiro atoms. The van der Waals surface area contributed by atoms with E-state index in [1.165, 1.54) is 22.7 Å². The zero-order valence-electron chi connectivity index (χ0n) is 13.4. The maximum Gasteiger partial charge on any atom is 0.267 e. The second kappa shape index (κ2) is 7.42. The summed E-state index contributed by atoms with van der Waals surface area (Å²) in [5.41, 5.74) is 6.40. The number of nitrogens with zero attached hydrogens (tertiary/aromatic N) is 2. The highest BCUT2D eigenvalue weighted by Gasteiger charge is 2.31. The van der Waals surface area contributed by atoms with Gasteiger partial charge in [-0.3, -0.25) is 14.9 Å². The minimum Gasteiger partial charge on any atom is -0.339 e. The number of hydrogen-bond acceptors (Lipinski definition) is 6. The molecule has 1 fully saturated rings. The van der Waals surface area contributed by atoms with E-state index in [9.17, 15) is 9.59 Å². The Bertz CT molecular complexity index is 713. The second-order valence-electron chi connectivity index (χ2n) is 5.98. The summed E-state index contributed by atoms with van der Waals surface area (Å²) in [7, 11) is 0. The zero-order valence-corrected chi connectivity index (χ0v) is 15.0. The molecule has 6 nitrogen and oxygen atoms in total. The van der Waals surface area contributed by atoms with Crippen LogP contribution in [-0.2, 0) is 11.2 Å². The summed E-state index contributed by atoms with van der Waals surface area (Å²) in [4.78, 5) is 31.4. The fourth-order valence-corrected chi connectivity index (χ4v) is 4.25. The van der Waals surface area contributed by atoms with Crippen LogP contribution in [0.4, 0.5) is 5.13 Å². The van der Waals surface area contributed by atoms with Gasteiger partial charge in [0.05, 0.1) is 17.0 Å². The molecule has 1 saturated heterocycles. The molecule has 8 heteroatoms. The molecule has 2 unspecified atom stereocenters. The summed E-state index contributed by atoms with van der Waals surface area (Å²) in [6.07, 6.45) is 1.22. The summed E-state index contributed by atoms with van der Waals surface area (Å²) < 4.78 is 0. The van der Waals surface area contributed by atoms with Crippen LogP contribution < -0.4 is 11.1 Å². The van der Waals surface area contributed by atoms with Crippen molar-refractivity contribution in [3.05, 3.63) is 33.5 Å². The quantitative estimate of drug-likeness (QED) is 0.851. The van der Waals surface area contributed by atoms with Gasteiger partial charge in [-0.15, -0.1) is 22.7 Å². The van der Waals surface area contributed by atoms with Crippen molar-refractivity contribution in [1.29, 1.82) is 0 Å². The number of nitrogens with two attached hydrogens (primary N) is 1. The normalized spacial score (nSPS) is 20.3. The number of carbonyl (C=O) groups excluding carboxylic acids is 2. The molecule has 1 aliphatic rings. The molecule has 2 aromatic rings. The summed E-state index contributed by atoms with van der Waals surface area (Å²) in [6.45, 7) is 3.40. The molecule has 0 saturated carbocycles. The first-order valence-corrected chi connectivity index (χ1v) is 9.61. The number of carbonyl (C=O) groups is 2. The first-order chi connectivity index (χ1) is 11.6. The van der Waals surface area contributed by atoms with Crippen molar-refractivity contribution in [3.63, 3.8) is 0 Å². The minimum atomic E-state index is -0.170. The Morgan fingerprint density at radius 3 is 2.96 bits per heavy atom. The number of nitrogens with one attached hydrogen (secondary N) is 1. The van der Waals surface area contributed by atoms with Gasteiger partial charge in [0.15, 0.2) is 5.13 Å². The van der Waals surface area contributed by atoms with Gasteiger partial charge in [-0.25, -0.2) is 4.98 Å². The lowest BCUT2D eigenvalue weighted by atomic mass is 10.1. The summed E-state index contributed by atoms with van der Waals surface area (Å²) >= 11 is 2.72. The Balaban J connectivity index is 1.58. The van der Waals surface area contributed by atoms with E-state index in [2.05, 4.69) is 17.2 Å². The number of thiazole rings is 1. The Morgan fingerprint density at radius 2 is 2.29 bits per heavy atom. The topological polar surface area (TPSA) is 88.3 Å². The van der Waals surface area contributed by atoms with Gasteiger partial charge in [-0.1, -0.05) is 6.07 Å². The molecular formula is C16H20N4O2S2. The lowest BCUT2D eigenvalue weighted by Crippen LogP contribution is -2.35. The SMILES string of the molecule is CC1CC(CN)CN1C(=O)Cc1csc(NC(=O)c2cccs2)n1. The number of aromatic nitrogens is 1. The highest BCUT2D eigenvalue weighted by molar-refractivity contribution is 7.14. The van der Waals surface area contributed by atoms with Crippen molar-refractivity contribution in [2.45, 2.75) is 25.8 Å². The molecule has 3 rings (SSSR count). The van der Waals surface area contributed by atoms with Crippen LogP contribution in [0.25, 0.3) is 0 Å². The van der Waals surface area contributed by atoms with Crippen LogP contribution in [0.15, 0.2) is 22.9 Å². The van der Waals surface area contributed by atoms with Crippen molar-refractivity contribution in [2.75, 3.05) is 18.4 Å². The minimum absolute atomic E-state index is 0.0693. The lowest BCUT2D eigenvalue weighted by Gasteiger charge is -2.21. The van der Waals surface area contributed by atoms with E-state index in [1.807, 2.05) is 21.7 Å². The van der Waals surface area contributed by atoms with Gasteiger partial charge < -0.3 is 10.6 Å². The highest BCUT2D eigenvalue weighted by atomic mass is 32.1. The molecule has 24 heavy (non-hydrogen) atoms. The van der Waals surface area contributed by atoms with Crippen LogP contribution >= 0.6 is 22.7 Å². The van der Waals surface area contributed by atoms with E-state index >= 15 is 0 Å².